The Bertz CT molecular complexity index is 627. The second kappa shape index (κ2) is 11.8. The van der Waals surface area contributed by atoms with Gasteiger partial charge in [-0.05, 0) is 18.4 Å². The summed E-state index contributed by atoms with van der Waals surface area (Å²) < 4.78 is 5.24. The number of aliphatic imine (C=N–C) groups is 1. The molecule has 2 aromatic rings. The molecular weight excluding hydrogens is 429 g/mol. The molecular formula is C18H28IN5O. The topological polar surface area (TPSA) is 75.3 Å². The lowest BCUT2D eigenvalue weighted by molar-refractivity contribution is 0.368. The zero-order chi connectivity index (χ0) is 17.2. The summed E-state index contributed by atoms with van der Waals surface area (Å²) in [6.45, 7) is 5.78. The first kappa shape index (κ1) is 21.4. The predicted octanol–water partition coefficient (Wildman–Crippen LogP) is 3.15. The van der Waals surface area contributed by atoms with Crippen LogP contribution in [0.2, 0.25) is 0 Å². The van der Waals surface area contributed by atoms with E-state index in [-0.39, 0.29) is 24.0 Å². The zero-order valence-electron chi connectivity index (χ0n) is 15.2. The van der Waals surface area contributed by atoms with Gasteiger partial charge < -0.3 is 15.2 Å². The van der Waals surface area contributed by atoms with E-state index in [2.05, 4.69) is 63.9 Å². The van der Waals surface area contributed by atoms with Crippen LogP contribution in [0.1, 0.15) is 43.5 Å². The molecule has 0 saturated carbocycles. The van der Waals surface area contributed by atoms with E-state index in [0.29, 0.717) is 11.8 Å². The third-order valence-electron chi connectivity index (χ3n) is 3.63. The van der Waals surface area contributed by atoms with Crippen molar-refractivity contribution in [3.63, 3.8) is 0 Å². The van der Waals surface area contributed by atoms with Crippen LogP contribution >= 0.6 is 24.0 Å². The summed E-state index contributed by atoms with van der Waals surface area (Å²) >= 11 is 0. The molecule has 0 atom stereocenters. The van der Waals surface area contributed by atoms with Crippen molar-refractivity contribution in [3.05, 3.63) is 47.6 Å². The molecule has 0 aliphatic heterocycles. The number of nitrogens with zero attached hydrogens (tertiary/aromatic N) is 3. The largest absolute Gasteiger partial charge is 0.356 e. The molecule has 0 bridgehead atoms. The summed E-state index contributed by atoms with van der Waals surface area (Å²) in [5.41, 5.74) is 1.32. The second-order valence-electron chi connectivity index (χ2n) is 5.97. The Morgan fingerprint density at radius 3 is 2.48 bits per heavy atom. The quantitative estimate of drug-likeness (QED) is 0.276. The lowest BCUT2D eigenvalue weighted by Gasteiger charge is -2.11. The van der Waals surface area contributed by atoms with Crippen LogP contribution in [0.15, 0.2) is 39.8 Å². The summed E-state index contributed by atoms with van der Waals surface area (Å²) in [4.78, 5) is 8.61. The number of halogens is 1. The molecule has 0 fully saturated rings. The van der Waals surface area contributed by atoms with Gasteiger partial charge in [-0.2, -0.15) is 4.98 Å². The Morgan fingerprint density at radius 1 is 1.12 bits per heavy atom. The fraction of sp³-hybridized carbons (Fsp3) is 0.500. The van der Waals surface area contributed by atoms with E-state index in [0.717, 1.165) is 44.1 Å². The molecule has 1 aromatic carbocycles. The molecule has 7 heteroatoms. The van der Waals surface area contributed by atoms with Crippen LogP contribution in [-0.2, 0) is 12.8 Å². The molecule has 138 valence electrons. The van der Waals surface area contributed by atoms with Crippen molar-refractivity contribution in [1.82, 2.24) is 20.8 Å². The molecule has 2 N–H and O–H groups in total. The maximum Gasteiger partial charge on any atom is 0.226 e. The third kappa shape index (κ3) is 7.85. The normalized spacial score (nSPS) is 11.3. The monoisotopic (exact) mass is 457 g/mol. The molecule has 0 aliphatic carbocycles. The van der Waals surface area contributed by atoms with Crippen molar-refractivity contribution in [2.75, 3.05) is 20.1 Å². The summed E-state index contributed by atoms with van der Waals surface area (Å²) in [6, 6.07) is 10.4. The lowest BCUT2D eigenvalue weighted by Crippen LogP contribution is -2.38. The average Bonchev–Trinajstić information content (AvgIpc) is 3.07. The SMILES string of the molecule is CN=C(NCCCc1nc(C(C)C)no1)NCCc1ccccc1.I. The van der Waals surface area contributed by atoms with Gasteiger partial charge in [-0.25, -0.2) is 0 Å². The Balaban J connectivity index is 0.00000312. The van der Waals surface area contributed by atoms with Crippen molar-refractivity contribution in [1.29, 1.82) is 0 Å². The molecule has 0 unspecified atom stereocenters. The highest BCUT2D eigenvalue weighted by molar-refractivity contribution is 14.0. The maximum absolute atomic E-state index is 5.24. The van der Waals surface area contributed by atoms with Gasteiger partial charge in [0.2, 0.25) is 5.89 Å². The first-order valence-electron chi connectivity index (χ1n) is 8.50. The summed E-state index contributed by atoms with van der Waals surface area (Å²) in [5.74, 6) is 2.59. The first-order valence-corrected chi connectivity index (χ1v) is 8.50. The molecule has 0 aliphatic rings. The number of hydrogen-bond donors (Lipinski definition) is 2. The van der Waals surface area contributed by atoms with Crippen molar-refractivity contribution in [2.24, 2.45) is 4.99 Å². The van der Waals surface area contributed by atoms with Crippen molar-refractivity contribution in [3.8, 4) is 0 Å². The smallest absolute Gasteiger partial charge is 0.226 e. The minimum atomic E-state index is 0. The van der Waals surface area contributed by atoms with Crippen molar-refractivity contribution >= 4 is 29.9 Å². The molecule has 0 saturated heterocycles. The predicted molar refractivity (Wildman–Crippen MR) is 112 cm³/mol. The van der Waals surface area contributed by atoms with E-state index in [9.17, 15) is 0 Å². The van der Waals surface area contributed by atoms with Crippen LogP contribution in [0.25, 0.3) is 0 Å². The summed E-state index contributed by atoms with van der Waals surface area (Å²) in [7, 11) is 1.78. The van der Waals surface area contributed by atoms with Gasteiger partial charge in [-0.15, -0.1) is 24.0 Å². The van der Waals surface area contributed by atoms with Gasteiger partial charge in [-0.3, -0.25) is 4.99 Å². The molecule has 1 aromatic heterocycles. The second-order valence-corrected chi connectivity index (χ2v) is 5.97. The number of benzene rings is 1. The van der Waals surface area contributed by atoms with Crippen LogP contribution < -0.4 is 10.6 Å². The lowest BCUT2D eigenvalue weighted by atomic mass is 10.1. The van der Waals surface area contributed by atoms with Crippen LogP contribution in [0, 0.1) is 0 Å². The van der Waals surface area contributed by atoms with E-state index in [1.165, 1.54) is 5.56 Å². The minimum Gasteiger partial charge on any atom is -0.356 e. The van der Waals surface area contributed by atoms with E-state index in [1.807, 2.05) is 6.07 Å². The van der Waals surface area contributed by atoms with Gasteiger partial charge in [0.05, 0.1) is 0 Å². The number of hydrogen-bond acceptors (Lipinski definition) is 4. The van der Waals surface area contributed by atoms with Crippen LogP contribution in [-0.4, -0.2) is 36.2 Å². The molecule has 0 spiro atoms. The minimum absolute atomic E-state index is 0. The van der Waals surface area contributed by atoms with Gasteiger partial charge >= 0.3 is 0 Å². The Kier molecular flexibility index (Phi) is 10.1. The van der Waals surface area contributed by atoms with Crippen LogP contribution in [0.4, 0.5) is 0 Å². The van der Waals surface area contributed by atoms with Gasteiger partial charge in [0.1, 0.15) is 0 Å². The van der Waals surface area contributed by atoms with Gasteiger partial charge in [0.25, 0.3) is 0 Å². The molecule has 2 rings (SSSR count). The van der Waals surface area contributed by atoms with Crippen molar-refractivity contribution in [2.45, 2.75) is 39.0 Å². The fourth-order valence-corrected chi connectivity index (χ4v) is 2.24. The van der Waals surface area contributed by atoms with Crippen LogP contribution in [0.3, 0.4) is 0 Å². The van der Waals surface area contributed by atoms with E-state index in [4.69, 9.17) is 4.52 Å². The molecule has 0 radical (unpaired) electrons. The molecule has 25 heavy (non-hydrogen) atoms. The van der Waals surface area contributed by atoms with Crippen molar-refractivity contribution < 1.29 is 4.52 Å². The maximum atomic E-state index is 5.24. The fourth-order valence-electron chi connectivity index (χ4n) is 2.24. The Labute approximate surface area is 166 Å². The number of nitrogens with one attached hydrogen (secondary N) is 2. The van der Waals surface area contributed by atoms with E-state index < -0.39 is 0 Å². The third-order valence-corrected chi connectivity index (χ3v) is 3.63. The highest BCUT2D eigenvalue weighted by atomic mass is 127. The highest BCUT2D eigenvalue weighted by Gasteiger charge is 2.09. The van der Waals surface area contributed by atoms with E-state index >= 15 is 0 Å². The first-order chi connectivity index (χ1) is 11.7. The highest BCUT2D eigenvalue weighted by Crippen LogP contribution is 2.10. The van der Waals surface area contributed by atoms with Gasteiger partial charge in [-0.1, -0.05) is 49.3 Å². The molecule has 1 heterocycles. The zero-order valence-corrected chi connectivity index (χ0v) is 17.5. The Morgan fingerprint density at radius 2 is 1.84 bits per heavy atom. The van der Waals surface area contributed by atoms with E-state index in [1.54, 1.807) is 7.05 Å². The average molecular weight is 457 g/mol. The molecule has 6 nitrogen and oxygen atoms in total. The van der Waals surface area contributed by atoms with Gasteiger partial charge in [0, 0.05) is 32.5 Å². The van der Waals surface area contributed by atoms with Crippen LogP contribution in [0.5, 0.6) is 0 Å². The molecule has 0 amide bonds. The summed E-state index contributed by atoms with van der Waals surface area (Å²) in [6.07, 6.45) is 2.66. The number of aromatic nitrogens is 2. The number of rotatable bonds is 8. The van der Waals surface area contributed by atoms with Gasteiger partial charge in [0.15, 0.2) is 11.8 Å². The summed E-state index contributed by atoms with van der Waals surface area (Å²) in [5, 5.41) is 10.6. The number of aryl methyl sites for hydroxylation is 1. The number of guanidine groups is 1. The standard InChI is InChI=1S/C18H27N5O.HI/c1-14(2)17-22-16(24-23-17)10-7-12-20-18(19-3)21-13-11-15-8-5-4-6-9-15;/h4-6,8-9,14H,7,10-13H2,1-3H3,(H2,19,20,21);1H. The Hall–Kier alpha value is -1.64.